The summed E-state index contributed by atoms with van der Waals surface area (Å²) in [6.07, 6.45) is 14.9. The summed E-state index contributed by atoms with van der Waals surface area (Å²) in [7, 11) is -3.80. The lowest BCUT2D eigenvalue weighted by atomic mass is 10.1. The molecule has 42 heavy (non-hydrogen) atoms. The number of unbranched alkanes of at least 4 members (excludes halogenated alkanes) is 8. The van der Waals surface area contributed by atoms with Gasteiger partial charge in [-0.1, -0.05) is 63.1 Å². The molecule has 0 aliphatic heterocycles. The maximum atomic E-state index is 12.3. The average molecular weight is 641 g/mol. The highest BCUT2D eigenvalue weighted by Gasteiger charge is 2.21. The van der Waals surface area contributed by atoms with Gasteiger partial charge in [-0.05, 0) is 55.6 Å². The molecule has 2 heterocycles. The van der Waals surface area contributed by atoms with Crippen LogP contribution in [-0.4, -0.2) is 60.7 Å². The third-order valence-corrected chi connectivity index (χ3v) is 9.89. The number of fused-ring (bicyclic) bond motifs is 1. The summed E-state index contributed by atoms with van der Waals surface area (Å²) in [5, 5.41) is 0. The van der Waals surface area contributed by atoms with Crippen LogP contribution < -0.4 is 11.9 Å². The lowest BCUT2D eigenvalue weighted by molar-refractivity contribution is 0.0718. The molecular formula is C29H49N6O4PS2. The van der Waals surface area contributed by atoms with Gasteiger partial charge in [-0.3, -0.25) is 4.57 Å². The molecule has 3 rings (SSSR count). The van der Waals surface area contributed by atoms with E-state index in [0.29, 0.717) is 23.5 Å². The van der Waals surface area contributed by atoms with E-state index in [4.69, 9.17) is 15.0 Å². The normalized spacial score (nSPS) is 13.6. The first kappa shape index (κ1) is 36.5. The molecule has 6 N–H and O–H groups in total. The van der Waals surface area contributed by atoms with Crippen LogP contribution in [0.5, 0.6) is 0 Å². The summed E-state index contributed by atoms with van der Waals surface area (Å²) in [5.74, 6) is 3.60. The number of benzene rings is 1. The van der Waals surface area contributed by atoms with Crippen LogP contribution in [0.4, 0.5) is 5.82 Å². The van der Waals surface area contributed by atoms with Crippen LogP contribution in [0.15, 0.2) is 47.9 Å². The van der Waals surface area contributed by atoms with E-state index in [1.165, 1.54) is 74.8 Å². The van der Waals surface area contributed by atoms with Crippen molar-refractivity contribution in [2.75, 3.05) is 35.9 Å². The van der Waals surface area contributed by atoms with Crippen molar-refractivity contribution in [3.8, 4) is 0 Å². The first-order chi connectivity index (χ1) is 19.9. The fourth-order valence-electron chi connectivity index (χ4n) is 4.34. The molecule has 0 aliphatic carbocycles. The predicted octanol–water partition coefficient (Wildman–Crippen LogP) is 7.56. The Morgan fingerprint density at radius 2 is 1.57 bits per heavy atom. The number of aromatic nitrogens is 4. The largest absolute Gasteiger partial charge is 0.382 e. The predicted molar refractivity (Wildman–Crippen MR) is 177 cm³/mol. The van der Waals surface area contributed by atoms with E-state index in [0.717, 1.165) is 17.9 Å². The Balaban J connectivity index is 0.00000616. The van der Waals surface area contributed by atoms with Gasteiger partial charge in [0.1, 0.15) is 18.2 Å². The molecule has 0 amide bonds. The molecule has 10 nitrogen and oxygen atoms in total. The first-order valence-corrected chi connectivity index (χ1v) is 18.6. The smallest absolute Gasteiger partial charge is 0.353 e. The van der Waals surface area contributed by atoms with E-state index in [1.807, 2.05) is 30.4 Å². The number of hydrogen-bond acceptors (Lipinski definition) is 10. The van der Waals surface area contributed by atoms with Crippen molar-refractivity contribution in [3.05, 3.63) is 43.0 Å². The molecule has 3 aromatic rings. The highest BCUT2D eigenvalue weighted by atomic mass is 32.2. The van der Waals surface area contributed by atoms with Gasteiger partial charge in [-0.2, -0.15) is 11.8 Å². The number of ether oxygens (including phenoxy) is 1. The topological polar surface area (TPSA) is 160 Å². The molecule has 0 aliphatic rings. The van der Waals surface area contributed by atoms with Crippen molar-refractivity contribution in [3.63, 3.8) is 0 Å². The van der Waals surface area contributed by atoms with Gasteiger partial charge in [0.15, 0.2) is 11.5 Å². The molecule has 0 saturated carbocycles. The molecule has 236 valence electrons. The van der Waals surface area contributed by atoms with Crippen LogP contribution in [0, 0.1) is 0 Å². The molecule has 1 aromatic carbocycles. The van der Waals surface area contributed by atoms with Crippen molar-refractivity contribution in [2.45, 2.75) is 88.7 Å². The van der Waals surface area contributed by atoms with Gasteiger partial charge in [-0.15, -0.1) is 11.8 Å². The van der Waals surface area contributed by atoms with Crippen molar-refractivity contribution >= 4 is 48.1 Å². The van der Waals surface area contributed by atoms with Gasteiger partial charge < -0.3 is 30.6 Å². The summed E-state index contributed by atoms with van der Waals surface area (Å²) >= 11 is 3.86. The SMILES string of the molecule is C[C@H](Cn1cnc2c(N)ncnc21)OCP(=O)(O)OCCCSCCCCCCCCCCCSc1ccccc1.N. The minimum Gasteiger partial charge on any atom is -0.382 e. The summed E-state index contributed by atoms with van der Waals surface area (Å²) in [5.41, 5.74) is 6.94. The number of nitrogen functional groups attached to an aromatic ring is 1. The maximum Gasteiger partial charge on any atom is 0.353 e. The van der Waals surface area contributed by atoms with Crippen LogP contribution in [0.2, 0.25) is 0 Å². The number of thioether (sulfide) groups is 2. The van der Waals surface area contributed by atoms with Gasteiger partial charge in [-0.25, -0.2) is 15.0 Å². The molecule has 0 radical (unpaired) electrons. The highest BCUT2D eigenvalue weighted by Crippen LogP contribution is 2.42. The molecular weight excluding hydrogens is 591 g/mol. The van der Waals surface area contributed by atoms with Crippen molar-refractivity contribution in [1.82, 2.24) is 25.7 Å². The molecule has 1 unspecified atom stereocenters. The van der Waals surface area contributed by atoms with Gasteiger partial charge in [0.2, 0.25) is 0 Å². The fraction of sp³-hybridized carbons (Fsp3) is 0.621. The Kier molecular flexibility index (Phi) is 18.4. The third kappa shape index (κ3) is 14.7. The zero-order chi connectivity index (χ0) is 29.2. The van der Waals surface area contributed by atoms with E-state index in [1.54, 1.807) is 10.9 Å². The Bertz CT molecular complexity index is 1170. The molecule has 2 aromatic heterocycles. The first-order valence-electron chi connectivity index (χ1n) is 14.7. The van der Waals surface area contributed by atoms with E-state index >= 15 is 0 Å². The van der Waals surface area contributed by atoms with E-state index in [-0.39, 0.29) is 25.2 Å². The third-order valence-electron chi connectivity index (χ3n) is 6.58. The second-order valence-corrected chi connectivity index (χ2v) is 14.4. The average Bonchev–Trinajstić information content (AvgIpc) is 3.38. The second kappa shape index (κ2) is 21.1. The van der Waals surface area contributed by atoms with Gasteiger partial charge >= 0.3 is 7.60 Å². The zero-order valence-electron chi connectivity index (χ0n) is 24.9. The summed E-state index contributed by atoms with van der Waals surface area (Å²) < 4.78 is 24.9. The van der Waals surface area contributed by atoms with Crippen LogP contribution in [0.25, 0.3) is 11.2 Å². The quantitative estimate of drug-likeness (QED) is 0.0533. The Labute approximate surface area is 259 Å². The van der Waals surface area contributed by atoms with E-state index in [2.05, 4.69) is 45.3 Å². The van der Waals surface area contributed by atoms with Crippen LogP contribution in [0.1, 0.15) is 71.1 Å². The molecule has 0 fully saturated rings. The number of rotatable bonds is 23. The van der Waals surface area contributed by atoms with Gasteiger partial charge in [0.05, 0.1) is 25.6 Å². The minimum atomic E-state index is -3.80. The highest BCUT2D eigenvalue weighted by molar-refractivity contribution is 7.99. The van der Waals surface area contributed by atoms with Gasteiger partial charge in [0, 0.05) is 4.90 Å². The summed E-state index contributed by atoms with van der Waals surface area (Å²) in [6, 6.07) is 10.7. The van der Waals surface area contributed by atoms with Crippen molar-refractivity contribution < 1.29 is 18.7 Å². The zero-order valence-corrected chi connectivity index (χ0v) is 27.5. The van der Waals surface area contributed by atoms with Crippen molar-refractivity contribution in [2.24, 2.45) is 0 Å². The lowest BCUT2D eigenvalue weighted by Gasteiger charge is -2.17. The Morgan fingerprint density at radius 1 is 0.929 bits per heavy atom. The van der Waals surface area contributed by atoms with Crippen LogP contribution >= 0.6 is 31.1 Å². The molecule has 0 saturated heterocycles. The number of imidazole rings is 1. The number of hydrogen-bond donors (Lipinski definition) is 3. The minimum absolute atomic E-state index is 0. The van der Waals surface area contributed by atoms with E-state index in [9.17, 15) is 9.46 Å². The number of anilines is 1. The lowest BCUT2D eigenvalue weighted by Crippen LogP contribution is -2.17. The number of nitrogens with two attached hydrogens (primary N) is 1. The van der Waals surface area contributed by atoms with E-state index < -0.39 is 7.60 Å². The standard InChI is InChI=1S/C29H46N5O4PS2.H3N/c1-25(21-34-23-33-27-28(30)31-22-32-29(27)34)37-24-39(35,36)38-17-14-19-40-18-12-7-5-3-2-4-6-8-13-20-41-26-15-10-9-11-16-26;/h9-11,15-16,22-23,25H,2-8,12-14,17-21,24H2,1H3,(H,35,36)(H2,30,31,32);1H3/t25-;/m1./s1. The van der Waals surface area contributed by atoms with Crippen LogP contribution in [0.3, 0.4) is 0 Å². The molecule has 0 spiro atoms. The molecule has 2 atom stereocenters. The summed E-state index contributed by atoms with van der Waals surface area (Å²) in [6.45, 7) is 2.49. The number of nitrogens with zero attached hydrogens (tertiary/aromatic N) is 4. The molecule has 0 bridgehead atoms. The maximum absolute atomic E-state index is 12.3. The second-order valence-electron chi connectivity index (χ2n) is 10.2. The Morgan fingerprint density at radius 3 is 2.29 bits per heavy atom. The van der Waals surface area contributed by atoms with Crippen LogP contribution in [-0.2, 0) is 20.4 Å². The Hall–Kier alpha value is -1.66. The summed E-state index contributed by atoms with van der Waals surface area (Å²) in [4.78, 5) is 23.8. The van der Waals surface area contributed by atoms with Crippen molar-refractivity contribution in [1.29, 1.82) is 0 Å². The monoisotopic (exact) mass is 640 g/mol. The fourth-order valence-corrected chi connectivity index (χ4v) is 7.14. The molecule has 13 heteroatoms. The van der Waals surface area contributed by atoms with Gasteiger partial charge in [0.25, 0.3) is 0 Å².